The van der Waals surface area contributed by atoms with Gasteiger partial charge in [0.05, 0.1) is 0 Å². The summed E-state index contributed by atoms with van der Waals surface area (Å²) in [7, 11) is 0. The number of rotatable bonds is 0. The molecule has 0 saturated carbocycles. The average Bonchev–Trinajstić information content (AvgIpc) is 2.58. The Morgan fingerprint density at radius 3 is 2.59 bits per heavy atom. The minimum absolute atomic E-state index is 0. The first kappa shape index (κ1) is 15.0. The second-order valence-corrected chi connectivity index (χ2v) is 6.84. The van der Waals surface area contributed by atoms with Gasteiger partial charge < -0.3 is 0 Å². The van der Waals surface area contributed by atoms with Gasteiger partial charge in [0.1, 0.15) is 0 Å². The van der Waals surface area contributed by atoms with Gasteiger partial charge in [-0.3, -0.25) is 0 Å². The smallest absolute Gasteiger partial charge is 0.147 e. The molecule has 0 N–H and O–H groups in total. The molecule has 2 aliphatic rings. The molecule has 3 heteroatoms. The van der Waals surface area contributed by atoms with Crippen molar-refractivity contribution in [1.82, 2.24) is 0 Å². The van der Waals surface area contributed by atoms with Crippen molar-refractivity contribution >= 4 is 36.5 Å². The van der Waals surface area contributed by atoms with Gasteiger partial charge in [0.25, 0.3) is 0 Å². The molecule has 0 spiro atoms. The normalized spacial score (nSPS) is 23.5. The van der Waals surface area contributed by atoms with E-state index in [2.05, 4.69) is 55.5 Å². The number of fused-ring (bicyclic) bond motifs is 3. The number of hydrogen-bond donors (Lipinski definition) is 0. The second kappa shape index (κ2) is 5.26. The predicted octanol–water partition coefficient (Wildman–Crippen LogP) is 4.61. The Kier molecular flexibility index (Phi) is 4.63. The molecule has 1 atom stereocenters. The number of benzene rings is 1. The summed E-state index contributed by atoms with van der Waals surface area (Å²) in [6.45, 7) is 2.31. The summed E-state index contributed by atoms with van der Waals surface area (Å²) in [6, 6.07) is 8.65. The maximum atomic E-state index is 2.35. The van der Waals surface area contributed by atoms with Crippen molar-refractivity contribution in [3.05, 3.63) is 59.2 Å². The van der Waals surface area contributed by atoms with Crippen LogP contribution in [0.15, 0.2) is 48.1 Å². The number of allylic oxidation sites excluding steroid dienone is 5. The number of hydrogen-bond acceptors (Lipinski definition) is 0. The molecule has 0 heterocycles. The summed E-state index contributed by atoms with van der Waals surface area (Å²) in [4.78, 5) is 0. The fraction of sp³-hybridized carbons (Fsp3) is 0.143. The van der Waals surface area contributed by atoms with E-state index < -0.39 is 0 Å². The van der Waals surface area contributed by atoms with Crippen LogP contribution in [-0.2, 0) is 24.7 Å². The molecule has 0 radical (unpaired) electrons. The van der Waals surface area contributed by atoms with Crippen molar-refractivity contribution in [1.29, 1.82) is 0 Å². The third kappa shape index (κ3) is 2.38. The van der Waals surface area contributed by atoms with Gasteiger partial charge in [0, 0.05) is 0 Å². The molecule has 0 saturated heterocycles. The minimum Gasteiger partial charge on any atom is -0.147 e. The van der Waals surface area contributed by atoms with Crippen LogP contribution in [-0.4, -0.2) is 0 Å². The maximum absolute atomic E-state index is 2.35. The van der Waals surface area contributed by atoms with Crippen molar-refractivity contribution in [3.63, 3.8) is 0 Å². The maximum Gasteiger partial charge on any atom is -0.147 e. The van der Waals surface area contributed by atoms with E-state index >= 15 is 0 Å². The molecule has 1 unspecified atom stereocenters. The molecule has 0 nitrogen and oxygen atoms in total. The van der Waals surface area contributed by atoms with Crippen molar-refractivity contribution in [3.8, 4) is 0 Å². The first-order valence-corrected chi connectivity index (χ1v) is 6.38. The molecule has 2 aliphatic carbocycles. The third-order valence-corrected chi connectivity index (χ3v) is 4.16. The van der Waals surface area contributed by atoms with Gasteiger partial charge in [-0.2, -0.15) is 0 Å². The van der Waals surface area contributed by atoms with Crippen LogP contribution in [0.4, 0.5) is 0 Å². The van der Waals surface area contributed by atoms with E-state index in [9.17, 15) is 0 Å². The van der Waals surface area contributed by atoms with Gasteiger partial charge in [-0.25, -0.2) is 0 Å². The fourth-order valence-corrected chi connectivity index (χ4v) is 3.03. The summed E-state index contributed by atoms with van der Waals surface area (Å²) in [6.07, 6.45) is 9.10. The van der Waals surface area contributed by atoms with Crippen LogP contribution in [0.25, 0.3) is 11.6 Å². The summed E-state index contributed by atoms with van der Waals surface area (Å²) in [5.41, 5.74) is 5.68. The minimum atomic E-state index is 0. The molecule has 3 rings (SSSR count). The molecule has 87 valence electrons. The average molecular weight is 343 g/mol. The molecule has 1 aromatic rings. The Morgan fingerprint density at radius 1 is 1.12 bits per heavy atom. The Hall–Kier alpha value is -0.0969. The Balaban J connectivity index is 0.000000722. The van der Waals surface area contributed by atoms with Crippen molar-refractivity contribution < 1.29 is 24.7 Å². The molecule has 0 amide bonds. The summed E-state index contributed by atoms with van der Waals surface area (Å²) in [5, 5.41) is 0. The molecule has 0 fully saturated rings. The Bertz CT molecular complexity index is 525. The molecule has 1 aromatic carbocycles. The van der Waals surface area contributed by atoms with Crippen molar-refractivity contribution in [2.45, 2.75) is 10.0 Å². The van der Waals surface area contributed by atoms with Crippen LogP contribution >= 0.6 is 24.8 Å². The molecular weight excluding hydrogens is 330 g/mol. The van der Waals surface area contributed by atoms with Gasteiger partial charge in [0.15, 0.2) is 0 Å². The molecule has 17 heavy (non-hydrogen) atoms. The first-order valence-electron chi connectivity index (χ1n) is 5.15. The zero-order valence-corrected chi connectivity index (χ0v) is 13.5. The van der Waals surface area contributed by atoms with Crippen LogP contribution in [0.2, 0.25) is 3.12 Å². The molecule has 0 aromatic heterocycles. The predicted molar refractivity (Wildman–Crippen MR) is 74.4 cm³/mol. The summed E-state index contributed by atoms with van der Waals surface area (Å²) < 4.78 is 0.260. The topological polar surface area (TPSA) is 0 Å². The van der Waals surface area contributed by atoms with E-state index in [4.69, 9.17) is 0 Å². The van der Waals surface area contributed by atoms with Crippen LogP contribution in [0.5, 0.6) is 0 Å². The zero-order chi connectivity index (χ0) is 10.5. The van der Waals surface area contributed by atoms with Crippen molar-refractivity contribution in [2.75, 3.05) is 0 Å². The van der Waals surface area contributed by atoms with Crippen LogP contribution in [0, 0.1) is 0 Å². The standard InChI is InChI=1S/C14H11.2ClH.Zr/c1-10-5-4-8-13-12-7-3-2-6-11(12)9-14(10)13;;;/h2-9H,1H3;2*1H;. The quantitative estimate of drug-likeness (QED) is 0.645. The van der Waals surface area contributed by atoms with Crippen LogP contribution in [0.3, 0.4) is 0 Å². The molecule has 0 aliphatic heterocycles. The summed E-state index contributed by atoms with van der Waals surface area (Å²) in [5.74, 6) is 0. The SMILES string of the molecule is C[C]1([Zr])C=CC=C2C1=Cc1ccccc12.Cl.Cl. The van der Waals surface area contributed by atoms with E-state index in [1.165, 1.54) is 22.3 Å². The van der Waals surface area contributed by atoms with Gasteiger partial charge in [-0.05, 0) is 0 Å². The van der Waals surface area contributed by atoms with Crippen molar-refractivity contribution in [2.24, 2.45) is 0 Å². The van der Waals surface area contributed by atoms with Gasteiger partial charge in [0.2, 0.25) is 0 Å². The molecular formula is C14H13Cl2Zr. The first-order chi connectivity index (χ1) is 7.18. The van der Waals surface area contributed by atoms with Crippen LogP contribution in [0.1, 0.15) is 18.1 Å². The van der Waals surface area contributed by atoms with Gasteiger partial charge in [-0.1, -0.05) is 0 Å². The Morgan fingerprint density at radius 2 is 1.82 bits per heavy atom. The number of halogens is 2. The van der Waals surface area contributed by atoms with Gasteiger partial charge >= 0.3 is 106 Å². The molecule has 0 bridgehead atoms. The van der Waals surface area contributed by atoms with Gasteiger partial charge in [-0.15, -0.1) is 24.8 Å². The van der Waals surface area contributed by atoms with E-state index in [0.29, 0.717) is 0 Å². The largest absolute Gasteiger partial charge is 0.147 e. The van der Waals surface area contributed by atoms with E-state index in [0.717, 1.165) is 0 Å². The van der Waals surface area contributed by atoms with E-state index in [1.54, 1.807) is 24.7 Å². The fourth-order valence-electron chi connectivity index (χ4n) is 2.28. The third-order valence-electron chi connectivity index (χ3n) is 3.09. The van der Waals surface area contributed by atoms with Crippen LogP contribution < -0.4 is 0 Å². The van der Waals surface area contributed by atoms with E-state index in [-0.39, 0.29) is 27.9 Å². The Labute approximate surface area is 130 Å². The zero-order valence-electron chi connectivity index (χ0n) is 9.44. The monoisotopic (exact) mass is 341 g/mol. The second-order valence-electron chi connectivity index (χ2n) is 4.29. The van der Waals surface area contributed by atoms with E-state index in [1.807, 2.05) is 0 Å². The summed E-state index contributed by atoms with van der Waals surface area (Å²) >= 11 is 1.56.